The second-order valence-corrected chi connectivity index (χ2v) is 2.76. The van der Waals surface area contributed by atoms with Crippen LogP contribution in [0.5, 0.6) is 0 Å². The van der Waals surface area contributed by atoms with Crippen LogP contribution in [0.1, 0.15) is 19.0 Å². The number of aliphatic hydroxyl groups is 1. The summed E-state index contributed by atoms with van der Waals surface area (Å²) < 4.78 is 0. The number of nitrogens with zero attached hydrogens (tertiary/aromatic N) is 2. The Hall–Kier alpha value is -1.22. The van der Waals surface area contributed by atoms with Crippen molar-refractivity contribution in [3.8, 4) is 0 Å². The molecule has 0 aliphatic heterocycles. The summed E-state index contributed by atoms with van der Waals surface area (Å²) in [5.41, 5.74) is 1.83. The standard InChI is InChI=1S/C10H14N2O/c1-9(11-7-4-8-13)10-5-2-3-6-12-10/h2-3,5-6,13H,4,7-8H2,1H3. The average Bonchev–Trinajstić information content (AvgIpc) is 2.19. The molecule has 0 aliphatic rings. The zero-order valence-electron chi connectivity index (χ0n) is 7.77. The van der Waals surface area contributed by atoms with Gasteiger partial charge in [-0.25, -0.2) is 0 Å². The summed E-state index contributed by atoms with van der Waals surface area (Å²) in [5.74, 6) is 0. The number of aromatic nitrogens is 1. The molecule has 3 heteroatoms. The number of rotatable bonds is 4. The molecule has 0 spiro atoms. The van der Waals surface area contributed by atoms with Crippen molar-refractivity contribution in [1.29, 1.82) is 0 Å². The van der Waals surface area contributed by atoms with Gasteiger partial charge in [0.15, 0.2) is 0 Å². The first-order valence-electron chi connectivity index (χ1n) is 4.38. The van der Waals surface area contributed by atoms with E-state index < -0.39 is 0 Å². The number of hydrogen-bond acceptors (Lipinski definition) is 3. The van der Waals surface area contributed by atoms with Crippen LogP contribution in [0.25, 0.3) is 0 Å². The minimum Gasteiger partial charge on any atom is -0.396 e. The van der Waals surface area contributed by atoms with Crippen LogP contribution in [-0.4, -0.2) is 29.0 Å². The molecule has 1 N–H and O–H groups in total. The molecule has 1 rings (SSSR count). The minimum atomic E-state index is 0.193. The van der Waals surface area contributed by atoms with Gasteiger partial charge >= 0.3 is 0 Å². The predicted octanol–water partition coefficient (Wildman–Crippen LogP) is 1.27. The topological polar surface area (TPSA) is 45.5 Å². The summed E-state index contributed by atoms with van der Waals surface area (Å²) in [5, 5.41) is 8.56. The molecule has 1 heterocycles. The quantitative estimate of drug-likeness (QED) is 0.557. The predicted molar refractivity (Wildman–Crippen MR) is 53.0 cm³/mol. The number of pyridine rings is 1. The lowest BCUT2D eigenvalue weighted by molar-refractivity contribution is 0.291. The highest BCUT2D eigenvalue weighted by molar-refractivity contribution is 5.96. The van der Waals surface area contributed by atoms with Crippen molar-refractivity contribution in [3.05, 3.63) is 30.1 Å². The van der Waals surface area contributed by atoms with E-state index in [1.807, 2.05) is 25.1 Å². The van der Waals surface area contributed by atoms with Gasteiger partial charge in [-0.2, -0.15) is 0 Å². The lowest BCUT2D eigenvalue weighted by Crippen LogP contribution is -1.99. The first kappa shape index (κ1) is 9.86. The fraction of sp³-hybridized carbons (Fsp3) is 0.400. The van der Waals surface area contributed by atoms with Crippen LogP contribution in [0.3, 0.4) is 0 Å². The molecule has 3 nitrogen and oxygen atoms in total. The van der Waals surface area contributed by atoms with Gasteiger partial charge in [-0.15, -0.1) is 0 Å². The highest BCUT2D eigenvalue weighted by atomic mass is 16.3. The monoisotopic (exact) mass is 178 g/mol. The van der Waals surface area contributed by atoms with E-state index in [9.17, 15) is 0 Å². The van der Waals surface area contributed by atoms with Crippen molar-refractivity contribution >= 4 is 5.71 Å². The highest BCUT2D eigenvalue weighted by Crippen LogP contribution is 1.96. The Bertz CT molecular complexity index is 270. The Kier molecular flexibility index (Phi) is 4.12. The number of hydrogen-bond donors (Lipinski definition) is 1. The van der Waals surface area contributed by atoms with E-state index >= 15 is 0 Å². The molecule has 0 aromatic carbocycles. The second kappa shape index (κ2) is 5.43. The Morgan fingerprint density at radius 1 is 1.54 bits per heavy atom. The van der Waals surface area contributed by atoms with E-state index in [4.69, 9.17) is 5.11 Å². The van der Waals surface area contributed by atoms with Gasteiger partial charge in [-0.1, -0.05) is 6.07 Å². The minimum absolute atomic E-state index is 0.193. The number of aliphatic imine (C=N–C) groups is 1. The molecule has 1 aromatic heterocycles. The maximum absolute atomic E-state index is 8.56. The second-order valence-electron chi connectivity index (χ2n) is 2.76. The van der Waals surface area contributed by atoms with Crippen LogP contribution >= 0.6 is 0 Å². The zero-order valence-corrected chi connectivity index (χ0v) is 7.77. The summed E-state index contributed by atoms with van der Waals surface area (Å²) in [6.07, 6.45) is 2.46. The van der Waals surface area contributed by atoms with E-state index in [-0.39, 0.29) is 6.61 Å². The van der Waals surface area contributed by atoms with Crippen molar-refractivity contribution in [2.24, 2.45) is 4.99 Å². The van der Waals surface area contributed by atoms with Gasteiger partial charge < -0.3 is 5.11 Å². The van der Waals surface area contributed by atoms with E-state index in [1.165, 1.54) is 0 Å². The molecule has 0 saturated heterocycles. The third kappa shape index (κ3) is 3.34. The van der Waals surface area contributed by atoms with Crippen LogP contribution in [0.15, 0.2) is 29.4 Å². The third-order valence-electron chi connectivity index (χ3n) is 1.70. The Labute approximate surface area is 78.2 Å². The van der Waals surface area contributed by atoms with Crippen molar-refractivity contribution in [3.63, 3.8) is 0 Å². The normalized spacial score (nSPS) is 11.7. The molecule has 0 radical (unpaired) electrons. The zero-order chi connectivity index (χ0) is 9.52. The number of aliphatic hydroxyl groups excluding tert-OH is 1. The SMILES string of the molecule is CC(=NCCCO)c1ccccn1. The van der Waals surface area contributed by atoms with Crippen molar-refractivity contribution in [1.82, 2.24) is 4.98 Å². The molecule has 0 atom stereocenters. The highest BCUT2D eigenvalue weighted by Gasteiger charge is 1.95. The molecular weight excluding hydrogens is 164 g/mol. The molecule has 1 aromatic rings. The van der Waals surface area contributed by atoms with Gasteiger partial charge in [0.1, 0.15) is 0 Å². The summed E-state index contributed by atoms with van der Waals surface area (Å²) in [7, 11) is 0. The molecular formula is C10H14N2O. The molecule has 0 saturated carbocycles. The van der Waals surface area contributed by atoms with Crippen LogP contribution in [0.4, 0.5) is 0 Å². The molecule has 0 unspecified atom stereocenters. The molecule has 0 fully saturated rings. The smallest absolute Gasteiger partial charge is 0.0836 e. The Morgan fingerprint density at radius 2 is 2.38 bits per heavy atom. The van der Waals surface area contributed by atoms with Gasteiger partial charge in [-0.05, 0) is 25.5 Å². The Balaban J connectivity index is 2.57. The third-order valence-corrected chi connectivity index (χ3v) is 1.70. The van der Waals surface area contributed by atoms with Gasteiger partial charge in [-0.3, -0.25) is 9.98 Å². The van der Waals surface area contributed by atoms with Crippen LogP contribution in [-0.2, 0) is 0 Å². The van der Waals surface area contributed by atoms with Gasteiger partial charge in [0, 0.05) is 19.3 Å². The molecule has 0 aliphatic carbocycles. The van der Waals surface area contributed by atoms with Crippen LogP contribution in [0.2, 0.25) is 0 Å². The van der Waals surface area contributed by atoms with E-state index in [0.29, 0.717) is 13.0 Å². The van der Waals surface area contributed by atoms with E-state index in [2.05, 4.69) is 9.98 Å². The molecule has 0 bridgehead atoms. The lowest BCUT2D eigenvalue weighted by atomic mass is 10.2. The van der Waals surface area contributed by atoms with Gasteiger partial charge in [0.05, 0.1) is 11.4 Å². The van der Waals surface area contributed by atoms with Crippen molar-refractivity contribution in [2.45, 2.75) is 13.3 Å². The maximum atomic E-state index is 8.56. The largest absolute Gasteiger partial charge is 0.396 e. The molecule has 13 heavy (non-hydrogen) atoms. The first-order valence-corrected chi connectivity index (χ1v) is 4.38. The fourth-order valence-electron chi connectivity index (χ4n) is 0.975. The fourth-order valence-corrected chi connectivity index (χ4v) is 0.975. The van der Waals surface area contributed by atoms with Crippen molar-refractivity contribution < 1.29 is 5.11 Å². The van der Waals surface area contributed by atoms with E-state index in [0.717, 1.165) is 11.4 Å². The summed E-state index contributed by atoms with van der Waals surface area (Å²) in [6.45, 7) is 2.79. The molecule has 70 valence electrons. The van der Waals surface area contributed by atoms with Crippen molar-refractivity contribution in [2.75, 3.05) is 13.2 Å². The van der Waals surface area contributed by atoms with Crippen LogP contribution in [0, 0.1) is 0 Å². The first-order chi connectivity index (χ1) is 6.34. The van der Waals surface area contributed by atoms with Gasteiger partial charge in [0.2, 0.25) is 0 Å². The Morgan fingerprint density at radius 3 is 3.00 bits per heavy atom. The average molecular weight is 178 g/mol. The van der Waals surface area contributed by atoms with Crippen LogP contribution < -0.4 is 0 Å². The maximum Gasteiger partial charge on any atom is 0.0836 e. The van der Waals surface area contributed by atoms with E-state index in [1.54, 1.807) is 6.20 Å². The lowest BCUT2D eigenvalue weighted by Gasteiger charge is -1.98. The molecule has 0 amide bonds. The summed E-state index contributed by atoms with van der Waals surface area (Å²) in [6, 6.07) is 5.75. The van der Waals surface area contributed by atoms with Gasteiger partial charge in [0.25, 0.3) is 0 Å². The summed E-state index contributed by atoms with van der Waals surface area (Å²) in [4.78, 5) is 8.44. The summed E-state index contributed by atoms with van der Waals surface area (Å²) >= 11 is 0.